The second-order valence-corrected chi connectivity index (χ2v) is 3.87. The summed E-state index contributed by atoms with van der Waals surface area (Å²) in [6.07, 6.45) is 0.0116. The monoisotopic (exact) mass is 237 g/mol. The van der Waals surface area contributed by atoms with Crippen LogP contribution < -0.4 is 5.63 Å². The third kappa shape index (κ3) is 2.12. The van der Waals surface area contributed by atoms with Gasteiger partial charge in [0.15, 0.2) is 0 Å². The molecule has 4 nitrogen and oxygen atoms in total. The highest BCUT2D eigenvalue weighted by Crippen LogP contribution is 2.15. The van der Waals surface area contributed by atoms with E-state index in [1.807, 2.05) is 0 Å². The molecule has 0 N–H and O–H groups in total. The minimum absolute atomic E-state index is 0.0116. The van der Waals surface area contributed by atoms with E-state index in [0.717, 1.165) is 0 Å². The molecular weight excluding hydrogens is 230 g/mol. The summed E-state index contributed by atoms with van der Waals surface area (Å²) in [5.41, 5.74) is -0.0575. The minimum Gasteiger partial charge on any atom is -0.407 e. The molecule has 16 heavy (non-hydrogen) atoms. The first-order chi connectivity index (χ1) is 7.56. The fraction of sp³-hybridized carbons (Fsp3) is 0.182. The lowest BCUT2D eigenvalue weighted by Gasteiger charge is -1.99. The quantitative estimate of drug-likeness (QED) is 0.801. The Labute approximate surface area is 95.9 Å². The molecule has 0 radical (unpaired) electrons. The molecule has 2 aromatic rings. The van der Waals surface area contributed by atoms with Gasteiger partial charge in [-0.25, -0.2) is 9.78 Å². The lowest BCUT2D eigenvalue weighted by Crippen LogP contribution is -2.07. The van der Waals surface area contributed by atoms with Gasteiger partial charge in [0.25, 0.3) is 0 Å². The van der Waals surface area contributed by atoms with Crippen molar-refractivity contribution in [3.63, 3.8) is 0 Å². The SMILES string of the molecule is CC(=O)Cc1nc2cc(Cl)ccc2c(=O)o1. The van der Waals surface area contributed by atoms with Crippen molar-refractivity contribution in [2.24, 2.45) is 0 Å². The fourth-order valence-electron chi connectivity index (χ4n) is 1.38. The maximum Gasteiger partial charge on any atom is 0.346 e. The highest BCUT2D eigenvalue weighted by molar-refractivity contribution is 6.31. The van der Waals surface area contributed by atoms with Crippen molar-refractivity contribution in [1.29, 1.82) is 0 Å². The molecule has 82 valence electrons. The van der Waals surface area contributed by atoms with Crippen LogP contribution in [0.4, 0.5) is 0 Å². The number of benzene rings is 1. The lowest BCUT2D eigenvalue weighted by atomic mass is 10.2. The van der Waals surface area contributed by atoms with E-state index in [4.69, 9.17) is 16.0 Å². The average molecular weight is 238 g/mol. The second-order valence-electron chi connectivity index (χ2n) is 3.44. The van der Waals surface area contributed by atoms with Crippen molar-refractivity contribution in [1.82, 2.24) is 4.98 Å². The van der Waals surface area contributed by atoms with Crippen LogP contribution in [0.3, 0.4) is 0 Å². The predicted molar refractivity (Wildman–Crippen MR) is 59.7 cm³/mol. The molecule has 5 heteroatoms. The summed E-state index contributed by atoms with van der Waals surface area (Å²) in [7, 11) is 0. The number of aromatic nitrogens is 1. The van der Waals surface area contributed by atoms with E-state index < -0.39 is 5.63 Å². The van der Waals surface area contributed by atoms with Crippen LogP contribution in [0.15, 0.2) is 27.4 Å². The van der Waals surface area contributed by atoms with Crippen LogP contribution in [0.1, 0.15) is 12.8 Å². The van der Waals surface area contributed by atoms with E-state index in [9.17, 15) is 9.59 Å². The first-order valence-electron chi connectivity index (χ1n) is 4.65. The fourth-order valence-corrected chi connectivity index (χ4v) is 1.54. The van der Waals surface area contributed by atoms with Gasteiger partial charge in [0.2, 0.25) is 5.89 Å². The van der Waals surface area contributed by atoms with Crippen LogP contribution in [0, 0.1) is 0 Å². The van der Waals surface area contributed by atoms with Crippen molar-refractivity contribution >= 4 is 28.3 Å². The first kappa shape index (κ1) is 10.8. The molecule has 0 unspecified atom stereocenters. The number of hydrogen-bond acceptors (Lipinski definition) is 4. The summed E-state index contributed by atoms with van der Waals surface area (Å²) in [5, 5.41) is 0.844. The summed E-state index contributed by atoms with van der Waals surface area (Å²) in [6, 6.07) is 4.71. The Morgan fingerprint density at radius 2 is 2.25 bits per heavy atom. The van der Waals surface area contributed by atoms with Gasteiger partial charge in [-0.3, -0.25) is 4.79 Å². The van der Waals surface area contributed by atoms with Gasteiger partial charge in [0.05, 0.1) is 17.3 Å². The normalized spacial score (nSPS) is 10.6. The number of hydrogen-bond donors (Lipinski definition) is 0. The van der Waals surface area contributed by atoms with Crippen LogP contribution >= 0.6 is 11.6 Å². The van der Waals surface area contributed by atoms with E-state index in [1.165, 1.54) is 6.92 Å². The number of carbonyl (C=O) groups excluding carboxylic acids is 1. The molecule has 0 saturated carbocycles. The largest absolute Gasteiger partial charge is 0.407 e. The third-order valence-electron chi connectivity index (χ3n) is 2.04. The minimum atomic E-state index is -0.502. The van der Waals surface area contributed by atoms with E-state index in [0.29, 0.717) is 15.9 Å². The smallest absolute Gasteiger partial charge is 0.346 e. The van der Waals surface area contributed by atoms with Crippen LogP contribution in [-0.4, -0.2) is 10.8 Å². The zero-order chi connectivity index (χ0) is 11.7. The zero-order valence-electron chi connectivity index (χ0n) is 8.49. The van der Waals surface area contributed by atoms with Crippen molar-refractivity contribution in [3.05, 3.63) is 39.5 Å². The summed E-state index contributed by atoms with van der Waals surface area (Å²) >= 11 is 5.79. The van der Waals surface area contributed by atoms with Gasteiger partial charge in [0.1, 0.15) is 5.78 Å². The molecule has 0 bridgehead atoms. The molecule has 0 amide bonds. The predicted octanol–water partition coefficient (Wildman–Crippen LogP) is 1.97. The number of rotatable bonds is 2. The summed E-state index contributed by atoms with van der Waals surface area (Å²) < 4.78 is 4.91. The average Bonchev–Trinajstić information content (AvgIpc) is 2.15. The third-order valence-corrected chi connectivity index (χ3v) is 2.27. The molecule has 0 aliphatic heterocycles. The van der Waals surface area contributed by atoms with Crippen molar-refractivity contribution in [2.45, 2.75) is 13.3 Å². The van der Waals surface area contributed by atoms with Crippen LogP contribution in [0.2, 0.25) is 5.02 Å². The van der Waals surface area contributed by atoms with E-state index in [-0.39, 0.29) is 18.1 Å². The molecule has 0 spiro atoms. The highest BCUT2D eigenvalue weighted by atomic mass is 35.5. The molecular formula is C11H8ClNO3. The topological polar surface area (TPSA) is 60.2 Å². The Bertz CT molecular complexity index is 618. The Balaban J connectivity index is 2.65. The zero-order valence-corrected chi connectivity index (χ0v) is 9.25. The molecule has 0 saturated heterocycles. The van der Waals surface area contributed by atoms with E-state index >= 15 is 0 Å². The van der Waals surface area contributed by atoms with Gasteiger partial charge in [-0.15, -0.1) is 0 Å². The number of ketones is 1. The van der Waals surface area contributed by atoms with Gasteiger partial charge < -0.3 is 4.42 Å². The van der Waals surface area contributed by atoms with Gasteiger partial charge in [-0.2, -0.15) is 0 Å². The Morgan fingerprint density at radius 1 is 1.50 bits per heavy atom. The maximum absolute atomic E-state index is 11.5. The molecule has 1 aromatic carbocycles. The number of nitrogens with zero attached hydrogens (tertiary/aromatic N) is 1. The van der Waals surface area contributed by atoms with Crippen LogP contribution in [0.25, 0.3) is 10.9 Å². The summed E-state index contributed by atoms with van der Waals surface area (Å²) in [5.74, 6) is 0.00398. The molecule has 0 atom stereocenters. The van der Waals surface area contributed by atoms with Crippen molar-refractivity contribution in [2.75, 3.05) is 0 Å². The van der Waals surface area contributed by atoms with E-state index in [1.54, 1.807) is 18.2 Å². The molecule has 0 aliphatic carbocycles. The number of carbonyl (C=O) groups is 1. The number of fused-ring (bicyclic) bond motifs is 1. The van der Waals surface area contributed by atoms with Crippen molar-refractivity contribution < 1.29 is 9.21 Å². The number of Topliss-reactive ketones (excluding diaryl/α,β-unsaturated/α-hetero) is 1. The Hall–Kier alpha value is -1.68. The molecule has 0 aliphatic rings. The van der Waals surface area contributed by atoms with E-state index in [2.05, 4.69) is 4.98 Å². The summed E-state index contributed by atoms with van der Waals surface area (Å²) in [4.78, 5) is 26.5. The Kier molecular flexibility index (Phi) is 2.75. The van der Waals surface area contributed by atoms with Crippen LogP contribution in [0.5, 0.6) is 0 Å². The van der Waals surface area contributed by atoms with Crippen molar-refractivity contribution in [3.8, 4) is 0 Å². The number of halogens is 1. The van der Waals surface area contributed by atoms with Gasteiger partial charge in [-0.1, -0.05) is 11.6 Å². The highest BCUT2D eigenvalue weighted by Gasteiger charge is 2.08. The van der Waals surface area contributed by atoms with Crippen LogP contribution in [-0.2, 0) is 11.2 Å². The summed E-state index contributed by atoms with van der Waals surface area (Å²) in [6.45, 7) is 1.41. The first-order valence-corrected chi connectivity index (χ1v) is 5.03. The Morgan fingerprint density at radius 3 is 2.94 bits per heavy atom. The molecule has 1 heterocycles. The van der Waals surface area contributed by atoms with Gasteiger partial charge >= 0.3 is 5.63 Å². The van der Waals surface area contributed by atoms with Gasteiger partial charge in [0, 0.05) is 5.02 Å². The molecule has 0 fully saturated rings. The standard InChI is InChI=1S/C11H8ClNO3/c1-6(14)4-10-13-9-5-7(12)2-3-8(9)11(15)16-10/h2-3,5H,4H2,1H3. The van der Waals surface area contributed by atoms with Gasteiger partial charge in [-0.05, 0) is 25.1 Å². The molecule has 2 rings (SSSR count). The molecule has 1 aromatic heterocycles. The maximum atomic E-state index is 11.5. The second kappa shape index (κ2) is 4.06. The lowest BCUT2D eigenvalue weighted by molar-refractivity contribution is -0.116.